The van der Waals surface area contributed by atoms with Crippen molar-refractivity contribution in [1.29, 1.82) is 0 Å². The quantitative estimate of drug-likeness (QED) is 0.588. The molecular weight excluding hydrogens is 192 g/mol. The Morgan fingerprint density at radius 1 is 1.40 bits per heavy atom. The predicted molar refractivity (Wildman–Crippen MR) is 61.5 cm³/mol. The number of aliphatic hydroxyl groups excluding tert-OH is 1. The molecule has 0 saturated carbocycles. The van der Waals surface area contributed by atoms with Crippen LogP contribution >= 0.6 is 0 Å². The number of amides is 1. The van der Waals surface area contributed by atoms with E-state index in [9.17, 15) is 4.79 Å². The van der Waals surface area contributed by atoms with Gasteiger partial charge in [0.1, 0.15) is 0 Å². The standard InChI is InChI=1S/C11H24N2O2/c1-10(14)7-9-13(2)11(15)6-4-3-5-8-12/h10,14H,3-9,12H2,1-2H3. The van der Waals surface area contributed by atoms with E-state index < -0.39 is 0 Å². The van der Waals surface area contributed by atoms with Crippen LogP contribution in [0.15, 0.2) is 0 Å². The Balaban J connectivity index is 3.51. The van der Waals surface area contributed by atoms with E-state index in [1.165, 1.54) is 0 Å². The first-order valence-corrected chi connectivity index (χ1v) is 5.70. The molecule has 0 bridgehead atoms. The van der Waals surface area contributed by atoms with Crippen LogP contribution in [0, 0.1) is 0 Å². The lowest BCUT2D eigenvalue weighted by Crippen LogP contribution is -2.29. The van der Waals surface area contributed by atoms with E-state index in [2.05, 4.69) is 0 Å². The van der Waals surface area contributed by atoms with Crippen LogP contribution in [0.25, 0.3) is 0 Å². The number of carbonyl (C=O) groups is 1. The number of nitrogens with zero attached hydrogens (tertiary/aromatic N) is 1. The molecule has 15 heavy (non-hydrogen) atoms. The van der Waals surface area contributed by atoms with Gasteiger partial charge in [-0.1, -0.05) is 6.42 Å². The van der Waals surface area contributed by atoms with Crippen molar-refractivity contribution < 1.29 is 9.90 Å². The zero-order chi connectivity index (χ0) is 11.7. The molecule has 4 nitrogen and oxygen atoms in total. The van der Waals surface area contributed by atoms with Gasteiger partial charge in [0.15, 0.2) is 0 Å². The van der Waals surface area contributed by atoms with Crippen LogP contribution in [0.2, 0.25) is 0 Å². The average Bonchev–Trinajstić information content (AvgIpc) is 2.20. The number of hydrogen-bond donors (Lipinski definition) is 2. The second kappa shape index (κ2) is 8.68. The summed E-state index contributed by atoms with van der Waals surface area (Å²) < 4.78 is 0. The first-order valence-electron chi connectivity index (χ1n) is 5.70. The third kappa shape index (κ3) is 8.39. The highest BCUT2D eigenvalue weighted by molar-refractivity contribution is 5.75. The minimum Gasteiger partial charge on any atom is -0.393 e. The van der Waals surface area contributed by atoms with Gasteiger partial charge in [-0.3, -0.25) is 4.79 Å². The molecule has 0 aliphatic carbocycles. The predicted octanol–water partition coefficient (Wildman–Crippen LogP) is 0.735. The Labute approximate surface area is 92.4 Å². The second-order valence-corrected chi connectivity index (χ2v) is 4.05. The lowest BCUT2D eigenvalue weighted by molar-refractivity contribution is -0.130. The van der Waals surface area contributed by atoms with Crippen molar-refractivity contribution in [2.45, 2.75) is 45.1 Å². The largest absolute Gasteiger partial charge is 0.393 e. The third-order valence-electron chi connectivity index (χ3n) is 2.40. The smallest absolute Gasteiger partial charge is 0.222 e. The second-order valence-electron chi connectivity index (χ2n) is 4.05. The summed E-state index contributed by atoms with van der Waals surface area (Å²) in [7, 11) is 1.79. The number of nitrogens with two attached hydrogens (primary N) is 1. The highest BCUT2D eigenvalue weighted by Gasteiger charge is 2.08. The maximum Gasteiger partial charge on any atom is 0.222 e. The van der Waals surface area contributed by atoms with E-state index >= 15 is 0 Å². The van der Waals surface area contributed by atoms with E-state index in [1.54, 1.807) is 18.9 Å². The van der Waals surface area contributed by atoms with Crippen molar-refractivity contribution in [2.75, 3.05) is 20.1 Å². The fourth-order valence-electron chi connectivity index (χ4n) is 1.29. The van der Waals surface area contributed by atoms with Gasteiger partial charge in [-0.2, -0.15) is 0 Å². The van der Waals surface area contributed by atoms with E-state index in [0.717, 1.165) is 19.3 Å². The lowest BCUT2D eigenvalue weighted by Gasteiger charge is -2.17. The van der Waals surface area contributed by atoms with Crippen molar-refractivity contribution in [1.82, 2.24) is 4.90 Å². The number of unbranched alkanes of at least 4 members (excludes halogenated alkanes) is 2. The van der Waals surface area contributed by atoms with Crippen LogP contribution in [0.1, 0.15) is 39.0 Å². The van der Waals surface area contributed by atoms with Crippen LogP contribution in [0.3, 0.4) is 0 Å². The minimum absolute atomic E-state index is 0.160. The van der Waals surface area contributed by atoms with Gasteiger partial charge in [-0.15, -0.1) is 0 Å². The molecule has 0 aliphatic heterocycles. The van der Waals surface area contributed by atoms with Crippen LogP contribution < -0.4 is 5.73 Å². The Morgan fingerprint density at radius 3 is 2.60 bits per heavy atom. The zero-order valence-electron chi connectivity index (χ0n) is 9.91. The van der Waals surface area contributed by atoms with Crippen LogP contribution in [0.5, 0.6) is 0 Å². The average molecular weight is 216 g/mol. The maximum atomic E-state index is 11.5. The van der Waals surface area contributed by atoms with Crippen molar-refractivity contribution in [3.63, 3.8) is 0 Å². The van der Waals surface area contributed by atoms with E-state index in [0.29, 0.717) is 25.9 Å². The molecule has 4 heteroatoms. The highest BCUT2D eigenvalue weighted by atomic mass is 16.3. The Hall–Kier alpha value is -0.610. The van der Waals surface area contributed by atoms with Gasteiger partial charge >= 0.3 is 0 Å². The fraction of sp³-hybridized carbons (Fsp3) is 0.909. The van der Waals surface area contributed by atoms with Gasteiger partial charge in [-0.25, -0.2) is 0 Å². The monoisotopic (exact) mass is 216 g/mol. The van der Waals surface area contributed by atoms with E-state index in [-0.39, 0.29) is 12.0 Å². The zero-order valence-corrected chi connectivity index (χ0v) is 9.91. The normalized spacial score (nSPS) is 12.5. The van der Waals surface area contributed by atoms with Crippen molar-refractivity contribution in [2.24, 2.45) is 5.73 Å². The van der Waals surface area contributed by atoms with Crippen LogP contribution in [-0.4, -0.2) is 42.2 Å². The summed E-state index contributed by atoms with van der Waals surface area (Å²) in [5.74, 6) is 0.160. The Kier molecular flexibility index (Phi) is 8.33. The first-order chi connectivity index (χ1) is 7.07. The summed E-state index contributed by atoms with van der Waals surface area (Å²) in [6.45, 7) is 3.07. The topological polar surface area (TPSA) is 66.6 Å². The third-order valence-corrected chi connectivity index (χ3v) is 2.40. The summed E-state index contributed by atoms with van der Waals surface area (Å²) >= 11 is 0. The Bertz CT molecular complexity index is 172. The summed E-state index contributed by atoms with van der Waals surface area (Å²) in [6.07, 6.45) is 3.82. The van der Waals surface area contributed by atoms with Gasteiger partial charge in [0.25, 0.3) is 0 Å². The molecule has 3 N–H and O–H groups in total. The molecule has 0 radical (unpaired) electrons. The van der Waals surface area contributed by atoms with Gasteiger partial charge in [-0.05, 0) is 32.7 Å². The van der Waals surface area contributed by atoms with Crippen LogP contribution in [0.4, 0.5) is 0 Å². The molecule has 0 heterocycles. The molecule has 0 aromatic heterocycles. The van der Waals surface area contributed by atoms with Crippen LogP contribution in [-0.2, 0) is 4.79 Å². The molecule has 0 saturated heterocycles. The number of hydrogen-bond acceptors (Lipinski definition) is 3. The van der Waals surface area contributed by atoms with Gasteiger partial charge in [0, 0.05) is 20.0 Å². The number of carbonyl (C=O) groups excluding carboxylic acids is 1. The molecule has 0 spiro atoms. The Morgan fingerprint density at radius 2 is 2.07 bits per heavy atom. The lowest BCUT2D eigenvalue weighted by atomic mass is 10.2. The summed E-state index contributed by atoms with van der Waals surface area (Å²) in [6, 6.07) is 0. The first kappa shape index (κ1) is 14.4. The molecule has 1 unspecified atom stereocenters. The SMILES string of the molecule is CC(O)CCN(C)C(=O)CCCCCN. The summed E-state index contributed by atoms with van der Waals surface area (Å²) in [5.41, 5.74) is 5.36. The molecule has 0 rings (SSSR count). The molecule has 90 valence electrons. The molecule has 1 atom stereocenters. The molecule has 0 aliphatic rings. The molecule has 1 amide bonds. The van der Waals surface area contributed by atoms with Gasteiger partial charge < -0.3 is 15.7 Å². The van der Waals surface area contributed by atoms with Crippen molar-refractivity contribution >= 4 is 5.91 Å². The highest BCUT2D eigenvalue weighted by Crippen LogP contribution is 2.03. The van der Waals surface area contributed by atoms with Crippen molar-refractivity contribution in [3.8, 4) is 0 Å². The van der Waals surface area contributed by atoms with E-state index in [1.807, 2.05) is 0 Å². The fourth-order valence-corrected chi connectivity index (χ4v) is 1.29. The molecule has 0 aromatic rings. The number of rotatable bonds is 8. The van der Waals surface area contributed by atoms with Crippen molar-refractivity contribution in [3.05, 3.63) is 0 Å². The molecule has 0 aromatic carbocycles. The molecular formula is C11H24N2O2. The minimum atomic E-state index is -0.336. The van der Waals surface area contributed by atoms with Gasteiger partial charge in [0.05, 0.1) is 6.10 Å². The van der Waals surface area contributed by atoms with Gasteiger partial charge in [0.2, 0.25) is 5.91 Å². The summed E-state index contributed by atoms with van der Waals surface area (Å²) in [5, 5.41) is 9.08. The molecule has 0 fully saturated rings. The van der Waals surface area contributed by atoms with E-state index in [4.69, 9.17) is 10.8 Å². The maximum absolute atomic E-state index is 11.5. The summed E-state index contributed by atoms with van der Waals surface area (Å²) in [4.78, 5) is 13.2. The number of aliphatic hydroxyl groups is 1.